The molecule has 0 atom stereocenters. The van der Waals surface area contributed by atoms with Crippen LogP contribution in [0.25, 0.3) is 10.9 Å². The average Bonchev–Trinajstić information content (AvgIpc) is 3.02. The lowest BCUT2D eigenvalue weighted by Crippen LogP contribution is -2.25. The zero-order valence-corrected chi connectivity index (χ0v) is 14.9. The van der Waals surface area contributed by atoms with Crippen molar-refractivity contribution in [3.8, 4) is 0 Å². The van der Waals surface area contributed by atoms with Crippen LogP contribution in [-0.4, -0.2) is 21.9 Å². The van der Waals surface area contributed by atoms with Crippen molar-refractivity contribution in [2.45, 2.75) is 13.0 Å². The Kier molecular flexibility index (Phi) is 5.14. The van der Waals surface area contributed by atoms with E-state index in [9.17, 15) is 14.9 Å². The molecule has 2 aromatic carbocycles. The van der Waals surface area contributed by atoms with Gasteiger partial charge in [0.05, 0.1) is 9.40 Å². The maximum Gasteiger partial charge on any atom is 0.284 e. The van der Waals surface area contributed by atoms with Gasteiger partial charge in [0, 0.05) is 36.4 Å². The van der Waals surface area contributed by atoms with Crippen molar-refractivity contribution < 1.29 is 9.72 Å². The molecule has 0 bridgehead atoms. The molecular formula is C18H16BrN3O3. The molecule has 0 radical (unpaired) electrons. The molecule has 0 saturated carbocycles. The molecular weight excluding hydrogens is 386 g/mol. The summed E-state index contributed by atoms with van der Waals surface area (Å²) in [5, 5.41) is 14.9. The van der Waals surface area contributed by atoms with Gasteiger partial charge in [-0.2, -0.15) is 0 Å². The summed E-state index contributed by atoms with van der Waals surface area (Å²) in [5.74, 6) is -0.312. The lowest BCUT2D eigenvalue weighted by molar-refractivity contribution is -0.385. The van der Waals surface area contributed by atoms with E-state index in [1.807, 2.05) is 18.3 Å². The number of nitro groups is 1. The Bertz CT molecular complexity index is 936. The minimum Gasteiger partial charge on any atom is -0.352 e. The van der Waals surface area contributed by atoms with Crippen molar-refractivity contribution in [1.29, 1.82) is 0 Å². The SMILES string of the molecule is O=C(NCCCn1ccc2ccccc21)c1ccc(Br)c([N+](=O)[O-])c1. The van der Waals surface area contributed by atoms with E-state index in [4.69, 9.17) is 0 Å². The number of halogens is 1. The number of carbonyl (C=O) groups excluding carboxylic acids is 1. The number of rotatable bonds is 6. The van der Waals surface area contributed by atoms with Gasteiger partial charge in [0.2, 0.25) is 0 Å². The van der Waals surface area contributed by atoms with E-state index in [1.165, 1.54) is 17.5 Å². The van der Waals surface area contributed by atoms with E-state index >= 15 is 0 Å². The quantitative estimate of drug-likeness (QED) is 0.383. The van der Waals surface area contributed by atoms with Crippen molar-refractivity contribution in [2.75, 3.05) is 6.54 Å². The van der Waals surface area contributed by atoms with Crippen LogP contribution in [0.5, 0.6) is 0 Å². The van der Waals surface area contributed by atoms with E-state index in [-0.39, 0.29) is 17.2 Å². The number of aryl methyl sites for hydroxylation is 1. The molecule has 1 amide bonds. The van der Waals surface area contributed by atoms with Crippen LogP contribution < -0.4 is 5.32 Å². The highest BCUT2D eigenvalue weighted by Crippen LogP contribution is 2.25. The Balaban J connectivity index is 1.56. The third kappa shape index (κ3) is 3.88. The second-order valence-electron chi connectivity index (χ2n) is 5.60. The highest BCUT2D eigenvalue weighted by Gasteiger charge is 2.15. The van der Waals surface area contributed by atoms with E-state index in [0.29, 0.717) is 11.0 Å². The molecule has 1 aromatic heterocycles. The van der Waals surface area contributed by atoms with Crippen LogP contribution in [0.3, 0.4) is 0 Å². The number of nitrogens with zero attached hydrogens (tertiary/aromatic N) is 2. The fourth-order valence-electron chi connectivity index (χ4n) is 2.68. The molecule has 0 aliphatic rings. The van der Waals surface area contributed by atoms with Gasteiger partial charge in [-0.25, -0.2) is 0 Å². The first-order valence-corrected chi connectivity index (χ1v) is 8.61. The molecule has 7 heteroatoms. The summed E-state index contributed by atoms with van der Waals surface area (Å²) < 4.78 is 2.50. The third-order valence-electron chi connectivity index (χ3n) is 3.95. The maximum absolute atomic E-state index is 12.1. The van der Waals surface area contributed by atoms with Crippen molar-refractivity contribution >= 4 is 38.4 Å². The van der Waals surface area contributed by atoms with Crippen LogP contribution >= 0.6 is 15.9 Å². The Morgan fingerprint density at radius 3 is 2.80 bits per heavy atom. The minimum atomic E-state index is -0.516. The fourth-order valence-corrected chi connectivity index (χ4v) is 3.07. The third-order valence-corrected chi connectivity index (χ3v) is 4.62. The van der Waals surface area contributed by atoms with E-state index in [1.54, 1.807) is 6.07 Å². The van der Waals surface area contributed by atoms with Gasteiger partial charge in [0.15, 0.2) is 0 Å². The first-order valence-electron chi connectivity index (χ1n) is 7.82. The molecule has 0 spiro atoms. The second kappa shape index (κ2) is 7.48. The molecule has 0 aliphatic carbocycles. The van der Waals surface area contributed by atoms with Crippen LogP contribution in [0.15, 0.2) is 59.2 Å². The molecule has 128 valence electrons. The number of benzene rings is 2. The molecule has 0 unspecified atom stereocenters. The Labute approximate surface area is 152 Å². The van der Waals surface area contributed by atoms with Gasteiger partial charge < -0.3 is 9.88 Å². The summed E-state index contributed by atoms with van der Waals surface area (Å²) in [5.41, 5.74) is 1.32. The van der Waals surface area contributed by atoms with Crippen LogP contribution in [0.4, 0.5) is 5.69 Å². The summed E-state index contributed by atoms with van der Waals surface area (Å²) in [6, 6.07) is 14.5. The van der Waals surface area contributed by atoms with Crippen LogP contribution in [0.2, 0.25) is 0 Å². The van der Waals surface area contributed by atoms with Crippen molar-refractivity contribution in [3.63, 3.8) is 0 Å². The summed E-state index contributed by atoms with van der Waals surface area (Å²) in [6.45, 7) is 1.28. The van der Waals surface area contributed by atoms with Crippen LogP contribution in [0, 0.1) is 10.1 Å². The minimum absolute atomic E-state index is 0.119. The Morgan fingerprint density at radius 1 is 1.20 bits per heavy atom. The van der Waals surface area contributed by atoms with Gasteiger partial charge in [0.1, 0.15) is 0 Å². The largest absolute Gasteiger partial charge is 0.352 e. The van der Waals surface area contributed by atoms with Gasteiger partial charge >= 0.3 is 0 Å². The Hall–Kier alpha value is -2.67. The summed E-state index contributed by atoms with van der Waals surface area (Å²) in [7, 11) is 0. The maximum atomic E-state index is 12.1. The second-order valence-corrected chi connectivity index (χ2v) is 6.46. The van der Waals surface area contributed by atoms with Gasteiger partial charge in [0.25, 0.3) is 11.6 Å². The van der Waals surface area contributed by atoms with Gasteiger partial charge in [-0.05, 0) is 52.0 Å². The molecule has 3 rings (SSSR count). The molecule has 1 N–H and O–H groups in total. The highest BCUT2D eigenvalue weighted by molar-refractivity contribution is 9.10. The lowest BCUT2D eigenvalue weighted by atomic mass is 10.2. The highest BCUT2D eigenvalue weighted by atomic mass is 79.9. The van der Waals surface area contributed by atoms with Crippen molar-refractivity contribution in [3.05, 3.63) is 74.9 Å². The van der Waals surface area contributed by atoms with Crippen molar-refractivity contribution in [2.24, 2.45) is 0 Å². The molecule has 1 heterocycles. The van der Waals surface area contributed by atoms with Crippen LogP contribution in [-0.2, 0) is 6.54 Å². The van der Waals surface area contributed by atoms with Crippen molar-refractivity contribution in [1.82, 2.24) is 9.88 Å². The number of amides is 1. The standard InChI is InChI=1S/C18H16BrN3O3/c19-15-7-6-14(12-17(15)22(24)25)18(23)20-9-3-10-21-11-8-13-4-1-2-5-16(13)21/h1-2,4-8,11-12H,3,9-10H2,(H,20,23). The van der Waals surface area contributed by atoms with E-state index < -0.39 is 4.92 Å². The molecule has 6 nitrogen and oxygen atoms in total. The predicted octanol–water partition coefficient (Wildman–Crippen LogP) is 4.13. The van der Waals surface area contributed by atoms with Crippen LogP contribution in [0.1, 0.15) is 16.8 Å². The molecule has 25 heavy (non-hydrogen) atoms. The normalized spacial score (nSPS) is 10.8. The van der Waals surface area contributed by atoms with Gasteiger partial charge in [-0.1, -0.05) is 18.2 Å². The number of carbonyl (C=O) groups is 1. The molecule has 0 fully saturated rings. The topological polar surface area (TPSA) is 77.2 Å². The summed E-state index contributed by atoms with van der Waals surface area (Å²) in [4.78, 5) is 22.6. The Morgan fingerprint density at radius 2 is 2.00 bits per heavy atom. The zero-order chi connectivity index (χ0) is 17.8. The number of fused-ring (bicyclic) bond motifs is 1. The number of para-hydroxylation sites is 1. The number of nitro benzene ring substituents is 1. The number of nitrogens with one attached hydrogen (secondary N) is 1. The molecule has 0 aliphatic heterocycles. The van der Waals surface area contributed by atoms with E-state index in [0.717, 1.165) is 18.5 Å². The molecule has 3 aromatic rings. The lowest BCUT2D eigenvalue weighted by Gasteiger charge is -2.08. The van der Waals surface area contributed by atoms with Gasteiger partial charge in [-0.3, -0.25) is 14.9 Å². The number of aromatic nitrogens is 1. The van der Waals surface area contributed by atoms with Gasteiger partial charge in [-0.15, -0.1) is 0 Å². The number of hydrogen-bond acceptors (Lipinski definition) is 3. The predicted molar refractivity (Wildman–Crippen MR) is 99.7 cm³/mol. The smallest absolute Gasteiger partial charge is 0.284 e. The first kappa shape index (κ1) is 17.2. The van der Waals surface area contributed by atoms with E-state index in [2.05, 4.69) is 44.0 Å². The summed E-state index contributed by atoms with van der Waals surface area (Å²) >= 11 is 3.11. The average molecular weight is 402 g/mol. The number of hydrogen-bond donors (Lipinski definition) is 1. The summed E-state index contributed by atoms with van der Waals surface area (Å²) in [6.07, 6.45) is 2.80. The first-order chi connectivity index (χ1) is 12.1. The zero-order valence-electron chi connectivity index (χ0n) is 13.3. The fraction of sp³-hybridized carbons (Fsp3) is 0.167. The monoisotopic (exact) mass is 401 g/mol. The molecule has 0 saturated heterocycles.